The van der Waals surface area contributed by atoms with Gasteiger partial charge < -0.3 is 53.5 Å². The van der Waals surface area contributed by atoms with Crippen LogP contribution in [-0.4, -0.2) is 114 Å². The number of hydrogen-bond donors (Lipinski definition) is 3. The molecule has 0 radical (unpaired) electrons. The first-order chi connectivity index (χ1) is 34.8. The first-order valence-electron chi connectivity index (χ1n) is 23.0. The van der Waals surface area contributed by atoms with E-state index in [0.29, 0.717) is 12.8 Å². The molecule has 374 valence electrons. The predicted molar refractivity (Wildman–Crippen MR) is 262 cm³/mol. The first-order valence-corrected chi connectivity index (χ1v) is 23.0. The molecular weight excluding hydrogens is 929 g/mol. The standard InChI is InChI=1S/C32H32N2O8.C22H22N2O6/c1-4-12-41-32(38)34-25-17-28(42-19-21-9-7-8-20(13-21)14-29(35)40-3)27(39-2)16-24(25)30(36)33-18-23-11-6-5-10-22(23)15-26(33)31(34)37;1-3-8-30-22(28)24-16-11-18(25)19(29-2)10-15(16)20(26)23-12-14-7-5-4-6-13(14)9-17(23)21(24)27/h4-11,13,16-17,26,31,37H,1,12,14-15,18-19H2,2-3H3;3-7,10-11,17,21,25,27H,1,8-9,12H2,2H3/t26-,31?;17-,21?/m00/s1. The number of hydrogen-bond acceptors (Lipinski definition) is 14. The molecule has 0 aromatic heterocycles. The van der Waals surface area contributed by atoms with Crippen LogP contribution in [0.25, 0.3) is 0 Å². The van der Waals surface area contributed by atoms with Crippen LogP contribution >= 0.6 is 0 Å². The largest absolute Gasteiger partial charge is 0.504 e. The number of phenolic OH excluding ortho intramolecular Hbond substituents is 1. The number of nitrogens with zero attached hydrogens (tertiary/aromatic N) is 4. The summed E-state index contributed by atoms with van der Waals surface area (Å²) in [4.78, 5) is 70.6. The van der Waals surface area contributed by atoms with E-state index in [-0.39, 0.29) is 103 Å². The molecule has 0 saturated carbocycles. The van der Waals surface area contributed by atoms with E-state index in [1.165, 1.54) is 57.7 Å². The molecule has 9 rings (SSSR count). The molecule has 4 amide bonds. The fraction of sp³-hybridized carbons (Fsp3) is 0.278. The maximum atomic E-state index is 14.0. The summed E-state index contributed by atoms with van der Waals surface area (Å²) >= 11 is 0. The van der Waals surface area contributed by atoms with Crippen molar-refractivity contribution in [3.05, 3.63) is 167 Å². The molecule has 0 aliphatic carbocycles. The zero-order valence-corrected chi connectivity index (χ0v) is 39.9. The van der Waals surface area contributed by atoms with E-state index >= 15 is 0 Å². The number of benzene rings is 5. The molecule has 4 aliphatic heterocycles. The molecule has 0 bridgehead atoms. The van der Waals surface area contributed by atoms with E-state index in [4.69, 9.17) is 28.4 Å². The van der Waals surface area contributed by atoms with Gasteiger partial charge in [-0.1, -0.05) is 98.1 Å². The van der Waals surface area contributed by atoms with Crippen LogP contribution in [0, 0.1) is 0 Å². The second-order valence-electron chi connectivity index (χ2n) is 17.2. The summed E-state index contributed by atoms with van der Waals surface area (Å²) < 4.78 is 32.1. The van der Waals surface area contributed by atoms with Gasteiger partial charge in [0.15, 0.2) is 35.5 Å². The van der Waals surface area contributed by atoms with Crippen LogP contribution in [0.15, 0.2) is 122 Å². The first kappa shape index (κ1) is 50.1. The highest BCUT2D eigenvalue weighted by atomic mass is 16.6. The molecule has 2 unspecified atom stereocenters. The summed E-state index contributed by atoms with van der Waals surface area (Å²) in [6, 6.07) is 26.9. The van der Waals surface area contributed by atoms with Gasteiger partial charge in [-0.05, 0) is 58.4 Å². The minimum absolute atomic E-state index is 0.0540. The third-order valence-electron chi connectivity index (χ3n) is 12.9. The van der Waals surface area contributed by atoms with Gasteiger partial charge in [-0.2, -0.15) is 0 Å². The van der Waals surface area contributed by atoms with Crippen molar-refractivity contribution in [1.29, 1.82) is 0 Å². The molecule has 72 heavy (non-hydrogen) atoms. The Bertz CT molecular complexity index is 2920. The van der Waals surface area contributed by atoms with E-state index < -0.39 is 36.7 Å². The number of methoxy groups -OCH3 is 3. The summed E-state index contributed by atoms with van der Waals surface area (Å²) in [6.07, 6.45) is -0.792. The predicted octanol–water partition coefficient (Wildman–Crippen LogP) is 6.45. The van der Waals surface area contributed by atoms with Gasteiger partial charge in [-0.25, -0.2) is 19.4 Å². The average Bonchev–Trinajstić information content (AvgIpc) is 3.53. The number of fused-ring (bicyclic) bond motifs is 6. The van der Waals surface area contributed by atoms with Gasteiger partial charge >= 0.3 is 18.2 Å². The van der Waals surface area contributed by atoms with Crippen LogP contribution in [0.3, 0.4) is 0 Å². The Balaban J connectivity index is 0.000000204. The van der Waals surface area contributed by atoms with Crippen molar-refractivity contribution in [2.75, 3.05) is 44.3 Å². The topological polar surface area (TPSA) is 214 Å². The smallest absolute Gasteiger partial charge is 0.416 e. The van der Waals surface area contributed by atoms with Crippen LogP contribution in [-0.2, 0) is 58.0 Å². The molecule has 5 aromatic carbocycles. The van der Waals surface area contributed by atoms with Crippen molar-refractivity contribution >= 4 is 41.3 Å². The molecule has 3 N–H and O–H groups in total. The van der Waals surface area contributed by atoms with Crippen LogP contribution in [0.4, 0.5) is 21.0 Å². The minimum Gasteiger partial charge on any atom is -0.504 e. The van der Waals surface area contributed by atoms with Gasteiger partial charge in [-0.15, -0.1) is 0 Å². The number of aliphatic hydroxyl groups excluding tert-OH is 2. The number of aliphatic hydroxyl groups is 2. The number of ether oxygens (including phenoxy) is 6. The van der Waals surface area contributed by atoms with Gasteiger partial charge in [0, 0.05) is 25.2 Å². The van der Waals surface area contributed by atoms with Crippen LogP contribution in [0.2, 0.25) is 0 Å². The van der Waals surface area contributed by atoms with Crippen molar-refractivity contribution in [3.8, 4) is 23.0 Å². The van der Waals surface area contributed by atoms with Crippen LogP contribution in [0.5, 0.6) is 23.0 Å². The van der Waals surface area contributed by atoms with E-state index in [9.17, 15) is 39.3 Å². The lowest BCUT2D eigenvalue weighted by Gasteiger charge is -2.39. The number of aromatic hydroxyl groups is 1. The Hall–Kier alpha value is -8.35. The van der Waals surface area contributed by atoms with Gasteiger partial charge in [0.1, 0.15) is 19.8 Å². The average molecular weight is 983 g/mol. The third-order valence-corrected chi connectivity index (χ3v) is 12.9. The Labute approximate surface area is 415 Å². The zero-order valence-electron chi connectivity index (χ0n) is 39.9. The number of carbonyl (C=O) groups is 5. The Morgan fingerprint density at radius 2 is 1.11 bits per heavy atom. The Morgan fingerprint density at radius 1 is 0.625 bits per heavy atom. The summed E-state index contributed by atoms with van der Waals surface area (Å²) in [6.45, 7) is 7.64. The lowest BCUT2D eigenvalue weighted by Crippen LogP contribution is -2.55. The number of anilines is 2. The van der Waals surface area contributed by atoms with Crippen molar-refractivity contribution < 1.29 is 67.7 Å². The number of rotatable bonds is 11. The summed E-state index contributed by atoms with van der Waals surface area (Å²) in [5.74, 6) is -0.736. The van der Waals surface area contributed by atoms with Gasteiger partial charge in [0.05, 0.1) is 62.3 Å². The molecule has 5 aromatic rings. The number of esters is 1. The summed E-state index contributed by atoms with van der Waals surface area (Å²) in [7, 11) is 4.16. The van der Waals surface area contributed by atoms with Gasteiger partial charge in [-0.3, -0.25) is 14.4 Å². The van der Waals surface area contributed by atoms with Crippen molar-refractivity contribution in [2.45, 2.75) is 63.5 Å². The normalized spacial score (nSPS) is 18.3. The maximum Gasteiger partial charge on any atom is 0.416 e. The highest BCUT2D eigenvalue weighted by Crippen LogP contribution is 2.43. The zero-order chi connectivity index (χ0) is 51.2. The summed E-state index contributed by atoms with van der Waals surface area (Å²) in [5.41, 5.74) is 5.96. The number of amides is 4. The highest BCUT2D eigenvalue weighted by molar-refractivity contribution is 6.07. The lowest BCUT2D eigenvalue weighted by atomic mass is 9.93. The molecule has 4 aliphatic rings. The lowest BCUT2D eigenvalue weighted by molar-refractivity contribution is -0.139. The fourth-order valence-corrected chi connectivity index (χ4v) is 9.34. The molecule has 4 heterocycles. The molecule has 18 nitrogen and oxygen atoms in total. The third kappa shape index (κ3) is 9.99. The molecule has 0 spiro atoms. The quantitative estimate of drug-likeness (QED) is 0.0738. The minimum atomic E-state index is -1.41. The maximum absolute atomic E-state index is 14.0. The second-order valence-corrected chi connectivity index (χ2v) is 17.2. The SMILES string of the molecule is C=CCOC(=O)N1c2cc(O)c(OC)cc2C(=O)N2Cc3ccccc3C[C@H]2C1O.C=CCOC(=O)N1c2cc(OCc3cccc(CC(=O)OC)c3)c(OC)cc2C(=O)N2Cc3ccccc3C[C@H]2C1O. The number of phenols is 1. The highest BCUT2D eigenvalue weighted by Gasteiger charge is 2.47. The molecular formula is C54H54N4O14. The van der Waals surface area contributed by atoms with Crippen LogP contribution < -0.4 is 24.0 Å². The van der Waals surface area contributed by atoms with E-state index in [2.05, 4.69) is 13.2 Å². The van der Waals surface area contributed by atoms with Crippen LogP contribution in [0.1, 0.15) is 54.1 Å². The molecule has 4 atom stereocenters. The number of carbonyl (C=O) groups excluding carboxylic acids is 5. The Morgan fingerprint density at radius 3 is 1.61 bits per heavy atom. The Kier molecular flexibility index (Phi) is 15.1. The fourth-order valence-electron chi connectivity index (χ4n) is 9.34. The second kappa shape index (κ2) is 21.7. The van der Waals surface area contributed by atoms with Gasteiger partial charge in [0.25, 0.3) is 11.8 Å². The van der Waals surface area contributed by atoms with E-state index in [0.717, 1.165) is 43.2 Å². The van der Waals surface area contributed by atoms with Crippen molar-refractivity contribution in [2.24, 2.45) is 0 Å². The molecule has 0 fully saturated rings. The molecule has 18 heteroatoms. The summed E-state index contributed by atoms with van der Waals surface area (Å²) in [5, 5.41) is 33.1. The molecule has 0 saturated heterocycles. The van der Waals surface area contributed by atoms with Gasteiger partial charge in [0.2, 0.25) is 0 Å². The van der Waals surface area contributed by atoms with E-state index in [1.54, 1.807) is 9.80 Å². The van der Waals surface area contributed by atoms with E-state index in [1.807, 2.05) is 72.8 Å². The van der Waals surface area contributed by atoms with Crippen molar-refractivity contribution in [1.82, 2.24) is 9.80 Å². The van der Waals surface area contributed by atoms with Crippen molar-refractivity contribution in [3.63, 3.8) is 0 Å². The monoisotopic (exact) mass is 982 g/mol.